The van der Waals surface area contributed by atoms with E-state index in [2.05, 4.69) is 0 Å². The lowest BCUT2D eigenvalue weighted by Gasteiger charge is -2.39. The van der Waals surface area contributed by atoms with E-state index in [-0.39, 0.29) is 5.97 Å². The molecular formula is C13H17NO2. The number of benzene rings is 1. The molecule has 0 unspecified atom stereocenters. The fourth-order valence-electron chi connectivity index (χ4n) is 2.21. The van der Waals surface area contributed by atoms with E-state index in [1.807, 2.05) is 31.2 Å². The van der Waals surface area contributed by atoms with Crippen molar-refractivity contribution >= 4 is 11.7 Å². The molecule has 0 heterocycles. The monoisotopic (exact) mass is 219 g/mol. The van der Waals surface area contributed by atoms with Crippen LogP contribution in [0.2, 0.25) is 0 Å². The van der Waals surface area contributed by atoms with Gasteiger partial charge in [-0.15, -0.1) is 0 Å². The zero-order chi connectivity index (χ0) is 11.6. The van der Waals surface area contributed by atoms with E-state index in [0.29, 0.717) is 6.61 Å². The Balaban J connectivity index is 2.27. The number of hydrogen-bond acceptors (Lipinski definition) is 3. The minimum absolute atomic E-state index is 0.0916. The number of rotatable bonds is 3. The Labute approximate surface area is 95.6 Å². The van der Waals surface area contributed by atoms with Crippen LogP contribution in [0, 0.1) is 0 Å². The van der Waals surface area contributed by atoms with E-state index in [9.17, 15) is 4.79 Å². The fourth-order valence-corrected chi connectivity index (χ4v) is 2.21. The molecule has 1 aliphatic carbocycles. The van der Waals surface area contributed by atoms with Crippen LogP contribution >= 0.6 is 0 Å². The van der Waals surface area contributed by atoms with Gasteiger partial charge >= 0.3 is 5.97 Å². The molecule has 3 nitrogen and oxygen atoms in total. The second-order valence-electron chi connectivity index (χ2n) is 4.28. The molecular weight excluding hydrogens is 202 g/mol. The molecule has 0 saturated heterocycles. The molecule has 1 aromatic rings. The molecule has 0 atom stereocenters. The van der Waals surface area contributed by atoms with Crippen molar-refractivity contribution in [2.45, 2.75) is 31.6 Å². The number of carbonyl (C=O) groups is 1. The molecule has 0 spiro atoms. The molecule has 0 amide bonds. The summed E-state index contributed by atoms with van der Waals surface area (Å²) in [5.41, 5.74) is 7.01. The summed E-state index contributed by atoms with van der Waals surface area (Å²) in [6, 6.07) is 7.56. The third-order valence-electron chi connectivity index (χ3n) is 3.34. The van der Waals surface area contributed by atoms with E-state index < -0.39 is 5.41 Å². The highest BCUT2D eigenvalue weighted by atomic mass is 16.5. The quantitative estimate of drug-likeness (QED) is 0.626. The van der Waals surface area contributed by atoms with Crippen LogP contribution in [-0.4, -0.2) is 12.6 Å². The molecule has 1 aromatic carbocycles. The molecule has 1 aliphatic rings. The van der Waals surface area contributed by atoms with Crippen molar-refractivity contribution in [3.63, 3.8) is 0 Å². The molecule has 86 valence electrons. The Morgan fingerprint density at radius 2 is 2.00 bits per heavy atom. The highest BCUT2D eigenvalue weighted by Gasteiger charge is 2.46. The molecule has 2 rings (SSSR count). The number of nitrogen functional groups attached to an aromatic ring is 1. The van der Waals surface area contributed by atoms with Crippen LogP contribution in [-0.2, 0) is 14.9 Å². The number of carbonyl (C=O) groups excluding carboxylic acids is 1. The van der Waals surface area contributed by atoms with E-state index in [1.54, 1.807) is 0 Å². The van der Waals surface area contributed by atoms with Gasteiger partial charge in [-0.2, -0.15) is 0 Å². The van der Waals surface area contributed by atoms with Crippen LogP contribution < -0.4 is 5.73 Å². The first-order chi connectivity index (χ1) is 7.69. The van der Waals surface area contributed by atoms with Gasteiger partial charge in [0, 0.05) is 5.69 Å². The van der Waals surface area contributed by atoms with Crippen LogP contribution in [0.15, 0.2) is 24.3 Å². The van der Waals surface area contributed by atoms with E-state index in [0.717, 1.165) is 30.5 Å². The first-order valence-electron chi connectivity index (χ1n) is 5.72. The largest absolute Gasteiger partial charge is 0.465 e. The fraction of sp³-hybridized carbons (Fsp3) is 0.462. The van der Waals surface area contributed by atoms with Crippen molar-refractivity contribution in [1.82, 2.24) is 0 Å². The molecule has 0 aromatic heterocycles. The molecule has 2 N–H and O–H groups in total. The zero-order valence-electron chi connectivity index (χ0n) is 9.53. The minimum atomic E-state index is -0.399. The topological polar surface area (TPSA) is 52.3 Å². The Hall–Kier alpha value is -1.51. The summed E-state index contributed by atoms with van der Waals surface area (Å²) in [4.78, 5) is 12.0. The summed E-state index contributed by atoms with van der Waals surface area (Å²) in [6.45, 7) is 2.28. The van der Waals surface area contributed by atoms with Gasteiger partial charge in [0.2, 0.25) is 0 Å². The number of nitrogens with two attached hydrogens (primary N) is 1. The second kappa shape index (κ2) is 4.16. The van der Waals surface area contributed by atoms with Gasteiger partial charge in [0.1, 0.15) is 0 Å². The van der Waals surface area contributed by atoms with Crippen LogP contribution in [0.1, 0.15) is 31.7 Å². The van der Waals surface area contributed by atoms with Crippen molar-refractivity contribution in [2.75, 3.05) is 12.3 Å². The number of anilines is 1. The smallest absolute Gasteiger partial charge is 0.316 e. The van der Waals surface area contributed by atoms with Gasteiger partial charge in [0.05, 0.1) is 12.0 Å². The summed E-state index contributed by atoms with van der Waals surface area (Å²) < 4.78 is 5.16. The lowest BCUT2D eigenvalue weighted by molar-refractivity contribution is -0.153. The molecule has 0 bridgehead atoms. The number of ether oxygens (including phenoxy) is 1. The normalized spacial score (nSPS) is 17.6. The number of esters is 1. The Morgan fingerprint density at radius 1 is 1.38 bits per heavy atom. The Morgan fingerprint density at radius 3 is 2.44 bits per heavy atom. The Kier molecular flexibility index (Phi) is 2.86. The third-order valence-corrected chi connectivity index (χ3v) is 3.34. The maximum absolute atomic E-state index is 12.0. The lowest BCUT2D eigenvalue weighted by atomic mass is 9.64. The van der Waals surface area contributed by atoms with Crippen molar-refractivity contribution < 1.29 is 9.53 Å². The maximum Gasteiger partial charge on any atom is 0.316 e. The first kappa shape index (κ1) is 11.0. The summed E-state index contributed by atoms with van der Waals surface area (Å²) in [7, 11) is 0. The first-order valence-corrected chi connectivity index (χ1v) is 5.72. The predicted octanol–water partition coefficient (Wildman–Crippen LogP) is 2.25. The highest BCUT2D eigenvalue weighted by molar-refractivity contribution is 5.84. The molecule has 1 fully saturated rings. The van der Waals surface area contributed by atoms with E-state index >= 15 is 0 Å². The van der Waals surface area contributed by atoms with Crippen LogP contribution in [0.25, 0.3) is 0 Å². The summed E-state index contributed by atoms with van der Waals surface area (Å²) in [5.74, 6) is -0.0916. The summed E-state index contributed by atoms with van der Waals surface area (Å²) in [5, 5.41) is 0. The summed E-state index contributed by atoms with van der Waals surface area (Å²) >= 11 is 0. The van der Waals surface area contributed by atoms with Gasteiger partial charge in [-0.25, -0.2) is 0 Å². The second-order valence-corrected chi connectivity index (χ2v) is 4.28. The van der Waals surface area contributed by atoms with Crippen molar-refractivity contribution in [2.24, 2.45) is 0 Å². The lowest BCUT2D eigenvalue weighted by Crippen LogP contribution is -2.43. The average Bonchev–Trinajstić information content (AvgIpc) is 2.19. The van der Waals surface area contributed by atoms with Crippen LogP contribution in [0.4, 0.5) is 5.69 Å². The average molecular weight is 219 g/mol. The standard InChI is InChI=1S/C13H17NO2/c1-2-16-12(15)13(8-3-9-13)10-4-6-11(14)7-5-10/h4-7H,2-3,8-9,14H2,1H3. The molecule has 1 saturated carbocycles. The molecule has 3 heteroatoms. The third kappa shape index (κ3) is 1.66. The number of hydrogen-bond donors (Lipinski definition) is 1. The maximum atomic E-state index is 12.0. The van der Waals surface area contributed by atoms with Gasteiger partial charge in [-0.05, 0) is 37.5 Å². The van der Waals surface area contributed by atoms with Crippen LogP contribution in [0.5, 0.6) is 0 Å². The molecule has 0 radical (unpaired) electrons. The van der Waals surface area contributed by atoms with Gasteiger partial charge in [0.15, 0.2) is 0 Å². The van der Waals surface area contributed by atoms with Gasteiger partial charge in [-0.3, -0.25) is 4.79 Å². The van der Waals surface area contributed by atoms with E-state index in [1.165, 1.54) is 0 Å². The summed E-state index contributed by atoms with van der Waals surface area (Å²) in [6.07, 6.45) is 2.86. The van der Waals surface area contributed by atoms with Crippen LogP contribution in [0.3, 0.4) is 0 Å². The SMILES string of the molecule is CCOC(=O)C1(c2ccc(N)cc2)CCC1. The van der Waals surface area contributed by atoms with Crippen molar-refractivity contribution in [3.05, 3.63) is 29.8 Å². The Bertz CT molecular complexity index is 379. The molecule has 0 aliphatic heterocycles. The predicted molar refractivity (Wildman–Crippen MR) is 63.0 cm³/mol. The van der Waals surface area contributed by atoms with Crippen molar-refractivity contribution in [3.8, 4) is 0 Å². The zero-order valence-corrected chi connectivity index (χ0v) is 9.53. The minimum Gasteiger partial charge on any atom is -0.465 e. The molecule has 16 heavy (non-hydrogen) atoms. The highest BCUT2D eigenvalue weighted by Crippen LogP contribution is 2.44. The van der Waals surface area contributed by atoms with Gasteiger partial charge < -0.3 is 10.5 Å². The van der Waals surface area contributed by atoms with Crippen molar-refractivity contribution in [1.29, 1.82) is 0 Å². The van der Waals surface area contributed by atoms with E-state index in [4.69, 9.17) is 10.5 Å². The van der Waals surface area contributed by atoms with Gasteiger partial charge in [-0.1, -0.05) is 18.6 Å². The van der Waals surface area contributed by atoms with Gasteiger partial charge in [0.25, 0.3) is 0 Å².